The van der Waals surface area contributed by atoms with Gasteiger partial charge in [0.25, 0.3) is 0 Å². The molecule has 120 valence electrons. The van der Waals surface area contributed by atoms with Crippen molar-refractivity contribution < 1.29 is 13.2 Å². The Morgan fingerprint density at radius 3 is 2.77 bits per heavy atom. The van der Waals surface area contributed by atoms with Gasteiger partial charge in [0.1, 0.15) is 11.3 Å². The summed E-state index contributed by atoms with van der Waals surface area (Å²) in [6.07, 6.45) is 3.98. The van der Waals surface area contributed by atoms with Crippen molar-refractivity contribution >= 4 is 21.9 Å². The van der Waals surface area contributed by atoms with Gasteiger partial charge in [0.05, 0.1) is 18.7 Å². The molecule has 0 spiro atoms. The van der Waals surface area contributed by atoms with Gasteiger partial charge in [-0.05, 0) is 43.7 Å². The molecular weight excluding hydrogens is 304 g/mol. The molecule has 1 aromatic heterocycles. The van der Waals surface area contributed by atoms with Crippen LogP contribution in [0.5, 0.6) is 5.75 Å². The van der Waals surface area contributed by atoms with Crippen LogP contribution in [0.4, 0.5) is 0 Å². The molecule has 1 N–H and O–H groups in total. The van der Waals surface area contributed by atoms with Crippen molar-refractivity contribution in [2.75, 3.05) is 13.7 Å². The van der Waals surface area contributed by atoms with Crippen LogP contribution in [0.3, 0.4) is 0 Å². The Morgan fingerprint density at radius 2 is 2.09 bits per heavy atom. The average molecular weight is 324 g/mol. The van der Waals surface area contributed by atoms with Gasteiger partial charge in [0.2, 0.25) is 10.9 Å². The van der Waals surface area contributed by atoms with E-state index in [0.29, 0.717) is 18.5 Å². The first-order valence-corrected chi connectivity index (χ1v) is 8.62. The first-order chi connectivity index (χ1) is 10.7. The average Bonchev–Trinajstić information content (AvgIpc) is 2.96. The number of rotatable bonds is 5. The van der Waals surface area contributed by atoms with Crippen LogP contribution in [0.15, 0.2) is 18.2 Å². The normalized spacial score (nSPS) is 22.3. The summed E-state index contributed by atoms with van der Waals surface area (Å²) >= 11 is 0. The number of hydrogen-bond acceptors (Lipinski definition) is 5. The zero-order valence-corrected chi connectivity index (χ0v) is 13.3. The predicted molar refractivity (Wildman–Crippen MR) is 83.4 cm³/mol. The minimum atomic E-state index is -2.49. The van der Waals surface area contributed by atoms with Gasteiger partial charge in [-0.25, -0.2) is 17.8 Å². The first kappa shape index (κ1) is 15.2. The summed E-state index contributed by atoms with van der Waals surface area (Å²) in [6.45, 7) is 0.542. The highest BCUT2D eigenvalue weighted by Crippen LogP contribution is 2.33. The zero-order valence-electron chi connectivity index (χ0n) is 12.4. The molecule has 7 nitrogen and oxygen atoms in total. The molecule has 1 saturated carbocycles. The van der Waals surface area contributed by atoms with Gasteiger partial charge in [0, 0.05) is 12.6 Å². The molecule has 1 heterocycles. The monoisotopic (exact) mass is 324 g/mol. The number of hydrogen-bond donors (Lipinski definition) is 2. The predicted octanol–water partition coefficient (Wildman–Crippen LogP) is 1.29. The Bertz CT molecular complexity index is 712. The smallest absolute Gasteiger partial charge is 0.201 e. The van der Waals surface area contributed by atoms with E-state index in [4.69, 9.17) is 4.74 Å². The fourth-order valence-electron chi connectivity index (χ4n) is 3.12. The Kier molecular flexibility index (Phi) is 4.58. The molecule has 1 aromatic carbocycles. The van der Waals surface area contributed by atoms with Gasteiger partial charge < -0.3 is 4.74 Å². The highest BCUT2D eigenvalue weighted by Gasteiger charge is 2.24. The van der Waals surface area contributed by atoms with Crippen molar-refractivity contribution in [1.29, 1.82) is 0 Å². The van der Waals surface area contributed by atoms with E-state index in [0.717, 1.165) is 42.5 Å². The maximum absolute atomic E-state index is 10.6. The third kappa shape index (κ3) is 3.22. The molecule has 3 rings (SSSR count). The van der Waals surface area contributed by atoms with Crippen LogP contribution >= 0.6 is 0 Å². The Labute approximate surface area is 130 Å². The molecule has 1 fully saturated rings. The van der Waals surface area contributed by atoms with Crippen LogP contribution in [0.25, 0.3) is 11.0 Å². The second-order valence-electron chi connectivity index (χ2n) is 5.68. The summed E-state index contributed by atoms with van der Waals surface area (Å²) in [5.74, 6) is 1.19. The summed E-state index contributed by atoms with van der Waals surface area (Å²) in [6, 6.07) is 6.13. The van der Waals surface area contributed by atoms with Crippen molar-refractivity contribution in [1.82, 2.24) is 19.7 Å². The third-order valence-electron chi connectivity index (χ3n) is 4.35. The van der Waals surface area contributed by atoms with Gasteiger partial charge in [-0.1, -0.05) is 5.21 Å². The minimum Gasteiger partial charge on any atom is -0.497 e. The molecule has 0 amide bonds. The second kappa shape index (κ2) is 6.62. The van der Waals surface area contributed by atoms with Gasteiger partial charge in [0.15, 0.2) is 0 Å². The van der Waals surface area contributed by atoms with Crippen molar-refractivity contribution in [2.45, 2.75) is 31.7 Å². The summed E-state index contributed by atoms with van der Waals surface area (Å²) in [4.78, 5) is 0. The lowest BCUT2D eigenvalue weighted by Crippen LogP contribution is -2.26. The molecule has 0 unspecified atom stereocenters. The molecule has 22 heavy (non-hydrogen) atoms. The summed E-state index contributed by atoms with van der Waals surface area (Å²) in [7, 11) is -0.855. The van der Waals surface area contributed by atoms with Gasteiger partial charge in [-0.2, -0.15) is 0 Å². The van der Waals surface area contributed by atoms with Crippen LogP contribution in [0.2, 0.25) is 0 Å². The summed E-state index contributed by atoms with van der Waals surface area (Å²) < 4.78 is 30.9. The topological polar surface area (TPSA) is 86.1 Å². The van der Waals surface area contributed by atoms with E-state index in [1.807, 2.05) is 22.9 Å². The quantitative estimate of drug-likeness (QED) is 0.809. The largest absolute Gasteiger partial charge is 0.497 e. The third-order valence-corrected chi connectivity index (χ3v) is 4.79. The van der Waals surface area contributed by atoms with E-state index in [1.54, 1.807) is 7.11 Å². The Hall–Kier alpha value is -1.67. The van der Waals surface area contributed by atoms with Crippen LogP contribution in [-0.2, 0) is 10.9 Å². The highest BCUT2D eigenvalue weighted by molar-refractivity contribution is 7.70. The van der Waals surface area contributed by atoms with Crippen LogP contribution in [0, 0.1) is 5.92 Å². The van der Waals surface area contributed by atoms with Gasteiger partial charge in [-0.15, -0.1) is 5.10 Å². The maximum atomic E-state index is 10.6. The number of aromatic nitrogens is 3. The van der Waals surface area contributed by atoms with E-state index in [-0.39, 0.29) is 0 Å². The van der Waals surface area contributed by atoms with E-state index in [9.17, 15) is 8.42 Å². The van der Waals surface area contributed by atoms with E-state index in [1.165, 1.54) is 0 Å². The minimum absolute atomic E-state index is 0.329. The van der Waals surface area contributed by atoms with Crippen molar-refractivity contribution in [3.05, 3.63) is 18.2 Å². The first-order valence-electron chi connectivity index (χ1n) is 7.44. The van der Waals surface area contributed by atoms with Gasteiger partial charge in [-0.3, -0.25) is 0 Å². The highest BCUT2D eigenvalue weighted by atomic mass is 32.2. The SMILES string of the molecule is COc1ccc2c(c1)nnn2C1CCC(CN[SH](=O)=O)CC1. The van der Waals surface area contributed by atoms with Crippen molar-refractivity contribution in [2.24, 2.45) is 5.92 Å². The van der Waals surface area contributed by atoms with E-state index in [2.05, 4.69) is 15.0 Å². The number of nitrogens with one attached hydrogen (secondary N) is 1. The fourth-order valence-corrected chi connectivity index (χ4v) is 3.52. The van der Waals surface area contributed by atoms with E-state index < -0.39 is 10.9 Å². The number of thiol groups is 1. The number of ether oxygens (including phenoxy) is 1. The van der Waals surface area contributed by atoms with Gasteiger partial charge >= 0.3 is 0 Å². The molecule has 0 atom stereocenters. The molecular formula is C14H20N4O3S. The van der Waals surface area contributed by atoms with Crippen molar-refractivity contribution in [3.63, 3.8) is 0 Å². The number of methoxy groups -OCH3 is 1. The van der Waals surface area contributed by atoms with Crippen LogP contribution in [0.1, 0.15) is 31.7 Å². The second-order valence-corrected chi connectivity index (χ2v) is 6.51. The fraction of sp³-hybridized carbons (Fsp3) is 0.571. The molecule has 0 radical (unpaired) electrons. The lowest BCUT2D eigenvalue weighted by Gasteiger charge is -2.28. The summed E-state index contributed by atoms with van der Waals surface area (Å²) in [5, 5.41) is 8.51. The van der Waals surface area contributed by atoms with Crippen molar-refractivity contribution in [3.8, 4) is 5.75 Å². The molecule has 0 saturated heterocycles. The van der Waals surface area contributed by atoms with Crippen LogP contribution < -0.4 is 9.46 Å². The standard InChI is InChI=1S/C14H20N4O3S/c1-21-12-6-7-14-13(8-12)16-17-18(14)11-4-2-10(3-5-11)9-15-22(19)20/h6-8,10-11,22H,2-5,9H2,1H3,(H,15,19,20). The molecule has 8 heteroatoms. The lowest BCUT2D eigenvalue weighted by molar-refractivity contribution is 0.263. The lowest BCUT2D eigenvalue weighted by atomic mass is 9.86. The zero-order chi connectivity index (χ0) is 15.5. The summed E-state index contributed by atoms with van der Waals surface area (Å²) in [5.41, 5.74) is 1.86. The number of benzene rings is 1. The maximum Gasteiger partial charge on any atom is 0.201 e. The van der Waals surface area contributed by atoms with E-state index >= 15 is 0 Å². The Morgan fingerprint density at radius 1 is 1.32 bits per heavy atom. The number of fused-ring (bicyclic) bond motifs is 1. The molecule has 1 aliphatic rings. The molecule has 0 bridgehead atoms. The number of nitrogens with zero attached hydrogens (tertiary/aromatic N) is 3. The Balaban J connectivity index is 1.68. The molecule has 1 aliphatic carbocycles. The molecule has 0 aliphatic heterocycles. The van der Waals surface area contributed by atoms with Crippen LogP contribution in [-0.4, -0.2) is 37.1 Å². The molecule has 2 aromatic rings.